The first-order valence-electron chi connectivity index (χ1n) is 11.0. The third kappa shape index (κ3) is 5.07. The SMILES string of the molecule is COc1ccc(Nc2cc(C)nc(C3CCN(C(=O)CCn4nc(C)nc4C)C3)c2)cc1. The first kappa shape index (κ1) is 21.8. The number of rotatable bonds is 7. The molecule has 0 spiro atoms. The van der Waals surface area contributed by atoms with E-state index in [2.05, 4.69) is 21.5 Å². The molecule has 3 aromatic rings. The summed E-state index contributed by atoms with van der Waals surface area (Å²) < 4.78 is 7.03. The number of nitrogens with zero attached hydrogens (tertiary/aromatic N) is 5. The average Bonchev–Trinajstić information content (AvgIpc) is 3.38. The Bertz CT molecular complexity index is 1090. The van der Waals surface area contributed by atoms with Crippen LogP contribution in [0.5, 0.6) is 5.75 Å². The van der Waals surface area contributed by atoms with E-state index in [1.54, 1.807) is 11.8 Å². The van der Waals surface area contributed by atoms with Crippen LogP contribution in [0, 0.1) is 20.8 Å². The summed E-state index contributed by atoms with van der Waals surface area (Å²) >= 11 is 0. The van der Waals surface area contributed by atoms with E-state index in [-0.39, 0.29) is 11.8 Å². The summed E-state index contributed by atoms with van der Waals surface area (Å²) in [6.07, 6.45) is 1.35. The van der Waals surface area contributed by atoms with Crippen molar-refractivity contribution in [2.24, 2.45) is 0 Å². The summed E-state index contributed by atoms with van der Waals surface area (Å²) in [6.45, 7) is 7.80. The molecule has 1 amide bonds. The van der Waals surface area contributed by atoms with Crippen LogP contribution in [0.15, 0.2) is 36.4 Å². The molecular weight excluding hydrogens is 404 g/mol. The first-order chi connectivity index (χ1) is 15.4. The Morgan fingerprint density at radius 3 is 2.59 bits per heavy atom. The number of ether oxygens (including phenoxy) is 1. The summed E-state index contributed by atoms with van der Waals surface area (Å²) in [7, 11) is 1.66. The highest BCUT2D eigenvalue weighted by molar-refractivity contribution is 5.76. The van der Waals surface area contributed by atoms with Crippen molar-refractivity contribution >= 4 is 17.3 Å². The van der Waals surface area contributed by atoms with Gasteiger partial charge in [-0.2, -0.15) is 5.10 Å². The van der Waals surface area contributed by atoms with Gasteiger partial charge >= 0.3 is 0 Å². The van der Waals surface area contributed by atoms with Crippen LogP contribution in [0.1, 0.15) is 41.8 Å². The van der Waals surface area contributed by atoms with Crippen molar-refractivity contribution in [3.8, 4) is 5.75 Å². The minimum Gasteiger partial charge on any atom is -0.497 e. The largest absolute Gasteiger partial charge is 0.497 e. The molecule has 0 saturated carbocycles. The fourth-order valence-electron chi connectivity index (χ4n) is 4.18. The van der Waals surface area contributed by atoms with Gasteiger partial charge in [0.1, 0.15) is 17.4 Å². The van der Waals surface area contributed by atoms with Crippen LogP contribution in [0.4, 0.5) is 11.4 Å². The van der Waals surface area contributed by atoms with Crippen molar-refractivity contribution in [1.82, 2.24) is 24.6 Å². The molecule has 3 heterocycles. The van der Waals surface area contributed by atoms with Gasteiger partial charge in [-0.3, -0.25) is 9.78 Å². The molecule has 1 unspecified atom stereocenters. The van der Waals surface area contributed by atoms with Crippen molar-refractivity contribution in [2.75, 3.05) is 25.5 Å². The van der Waals surface area contributed by atoms with E-state index in [9.17, 15) is 4.79 Å². The molecule has 1 aliphatic rings. The highest BCUT2D eigenvalue weighted by Gasteiger charge is 2.28. The second-order valence-electron chi connectivity index (χ2n) is 8.28. The zero-order valence-electron chi connectivity index (χ0n) is 19.1. The van der Waals surface area contributed by atoms with Crippen molar-refractivity contribution in [2.45, 2.75) is 46.1 Å². The summed E-state index contributed by atoms with van der Waals surface area (Å²) in [5, 5.41) is 7.79. The lowest BCUT2D eigenvalue weighted by molar-refractivity contribution is -0.130. The lowest BCUT2D eigenvalue weighted by atomic mass is 10.0. The maximum Gasteiger partial charge on any atom is 0.224 e. The van der Waals surface area contributed by atoms with E-state index in [4.69, 9.17) is 9.72 Å². The van der Waals surface area contributed by atoms with Gasteiger partial charge < -0.3 is 15.0 Å². The molecule has 0 radical (unpaired) electrons. The number of hydrogen-bond donors (Lipinski definition) is 1. The van der Waals surface area contributed by atoms with Crippen molar-refractivity contribution in [1.29, 1.82) is 0 Å². The number of amides is 1. The Morgan fingerprint density at radius 1 is 1.12 bits per heavy atom. The van der Waals surface area contributed by atoms with E-state index in [0.29, 0.717) is 19.5 Å². The molecule has 1 aliphatic heterocycles. The van der Waals surface area contributed by atoms with Crippen LogP contribution in [0.3, 0.4) is 0 Å². The number of carbonyl (C=O) groups is 1. The zero-order chi connectivity index (χ0) is 22.7. The standard InChI is InChI=1S/C24H30N6O2/c1-16-13-21(27-20-5-7-22(32-4)8-6-20)14-23(25-16)19-9-11-29(15-19)24(31)10-12-30-18(3)26-17(2)28-30/h5-8,13-14,19H,9-12,15H2,1-4H3,(H,25,27). The van der Waals surface area contributed by atoms with Gasteiger partial charge in [0.15, 0.2) is 0 Å². The molecule has 0 bridgehead atoms. The molecule has 8 nitrogen and oxygen atoms in total. The first-order valence-corrected chi connectivity index (χ1v) is 11.0. The summed E-state index contributed by atoms with van der Waals surface area (Å²) in [5.74, 6) is 2.80. The molecule has 8 heteroatoms. The van der Waals surface area contributed by atoms with E-state index in [1.807, 2.05) is 56.0 Å². The predicted molar refractivity (Wildman–Crippen MR) is 123 cm³/mol. The van der Waals surface area contributed by atoms with E-state index < -0.39 is 0 Å². The maximum atomic E-state index is 12.8. The maximum absolute atomic E-state index is 12.8. The van der Waals surface area contributed by atoms with Crippen LogP contribution in [0.2, 0.25) is 0 Å². The summed E-state index contributed by atoms with van der Waals surface area (Å²) in [6, 6.07) is 12.0. The highest BCUT2D eigenvalue weighted by atomic mass is 16.5. The monoisotopic (exact) mass is 434 g/mol. The van der Waals surface area contributed by atoms with Gasteiger partial charge in [0.25, 0.3) is 0 Å². The highest BCUT2D eigenvalue weighted by Crippen LogP contribution is 2.29. The molecule has 32 heavy (non-hydrogen) atoms. The number of nitrogens with one attached hydrogen (secondary N) is 1. The Kier molecular flexibility index (Phi) is 6.39. The van der Waals surface area contributed by atoms with Crippen molar-refractivity contribution in [3.63, 3.8) is 0 Å². The molecule has 0 aliphatic carbocycles. The van der Waals surface area contributed by atoms with Gasteiger partial charge in [0.05, 0.1) is 13.7 Å². The molecule has 4 rings (SSSR count). The normalized spacial score (nSPS) is 15.8. The van der Waals surface area contributed by atoms with Crippen LogP contribution in [0.25, 0.3) is 0 Å². The fraction of sp³-hybridized carbons (Fsp3) is 0.417. The number of hydrogen-bond acceptors (Lipinski definition) is 6. The molecule has 1 saturated heterocycles. The molecule has 1 aromatic carbocycles. The van der Waals surface area contributed by atoms with Gasteiger partial charge in [-0.25, -0.2) is 9.67 Å². The van der Waals surface area contributed by atoms with Crippen LogP contribution in [-0.2, 0) is 11.3 Å². The number of methoxy groups -OCH3 is 1. The number of aryl methyl sites for hydroxylation is 4. The van der Waals surface area contributed by atoms with Crippen LogP contribution < -0.4 is 10.1 Å². The Labute approximate surface area is 188 Å². The molecular formula is C24H30N6O2. The van der Waals surface area contributed by atoms with Gasteiger partial charge in [0.2, 0.25) is 5.91 Å². The molecule has 168 valence electrons. The van der Waals surface area contributed by atoms with E-state index in [1.165, 1.54) is 0 Å². The third-order valence-corrected chi connectivity index (χ3v) is 5.81. The lowest BCUT2D eigenvalue weighted by Crippen LogP contribution is -2.29. The lowest BCUT2D eigenvalue weighted by Gasteiger charge is -2.17. The number of likely N-dealkylation sites (tertiary alicyclic amines) is 1. The molecule has 1 fully saturated rings. The number of benzene rings is 1. The average molecular weight is 435 g/mol. The molecule has 1 N–H and O–H groups in total. The number of anilines is 2. The third-order valence-electron chi connectivity index (χ3n) is 5.81. The summed E-state index contributed by atoms with van der Waals surface area (Å²) in [5.41, 5.74) is 3.98. The Hall–Kier alpha value is -3.42. The Morgan fingerprint density at radius 2 is 1.91 bits per heavy atom. The van der Waals surface area contributed by atoms with Gasteiger partial charge in [-0.1, -0.05) is 0 Å². The van der Waals surface area contributed by atoms with E-state index in [0.717, 1.165) is 53.1 Å². The van der Waals surface area contributed by atoms with Gasteiger partial charge in [-0.05, 0) is 63.6 Å². The number of aromatic nitrogens is 4. The van der Waals surface area contributed by atoms with Crippen LogP contribution >= 0.6 is 0 Å². The van der Waals surface area contributed by atoms with Crippen molar-refractivity contribution < 1.29 is 9.53 Å². The Balaban J connectivity index is 1.38. The van der Waals surface area contributed by atoms with Crippen LogP contribution in [-0.4, -0.2) is 50.8 Å². The summed E-state index contributed by atoms with van der Waals surface area (Å²) in [4.78, 5) is 23.8. The number of carbonyl (C=O) groups excluding carboxylic acids is 1. The smallest absolute Gasteiger partial charge is 0.224 e. The number of pyridine rings is 1. The molecule has 1 atom stereocenters. The predicted octanol–water partition coefficient (Wildman–Crippen LogP) is 3.76. The van der Waals surface area contributed by atoms with Crippen molar-refractivity contribution in [3.05, 3.63) is 59.4 Å². The van der Waals surface area contributed by atoms with E-state index >= 15 is 0 Å². The minimum atomic E-state index is 0.157. The molecule has 2 aromatic heterocycles. The second-order valence-corrected chi connectivity index (χ2v) is 8.28. The zero-order valence-corrected chi connectivity index (χ0v) is 19.1. The minimum absolute atomic E-state index is 0.157. The van der Waals surface area contributed by atoms with Gasteiger partial charge in [0, 0.05) is 48.2 Å². The van der Waals surface area contributed by atoms with Gasteiger partial charge in [-0.15, -0.1) is 0 Å². The fourth-order valence-corrected chi connectivity index (χ4v) is 4.18. The second kappa shape index (κ2) is 9.38. The topological polar surface area (TPSA) is 85.2 Å². The quantitative estimate of drug-likeness (QED) is 0.610.